The van der Waals surface area contributed by atoms with Gasteiger partial charge in [0.15, 0.2) is 5.13 Å². The third-order valence-corrected chi connectivity index (χ3v) is 5.12. The van der Waals surface area contributed by atoms with Crippen molar-refractivity contribution in [2.24, 2.45) is 7.05 Å². The molecule has 0 fully saturated rings. The van der Waals surface area contributed by atoms with E-state index in [1.165, 1.54) is 23.1 Å². The van der Waals surface area contributed by atoms with E-state index in [1.807, 2.05) is 36.6 Å². The summed E-state index contributed by atoms with van der Waals surface area (Å²) in [5, 5.41) is 17.2. The maximum Gasteiger partial charge on any atom is 0.226 e. The Kier molecular flexibility index (Phi) is 6.18. The van der Waals surface area contributed by atoms with Gasteiger partial charge >= 0.3 is 0 Å². The molecule has 0 saturated heterocycles. The zero-order chi connectivity index (χ0) is 18.4. The van der Waals surface area contributed by atoms with Crippen molar-refractivity contribution in [3.8, 4) is 17.0 Å². The first-order valence-corrected chi connectivity index (χ1v) is 9.86. The fourth-order valence-corrected chi connectivity index (χ4v) is 3.69. The van der Waals surface area contributed by atoms with Gasteiger partial charge < -0.3 is 10.1 Å². The number of benzene rings is 1. The van der Waals surface area contributed by atoms with Gasteiger partial charge in [-0.25, -0.2) is 9.67 Å². The summed E-state index contributed by atoms with van der Waals surface area (Å²) in [5.41, 5.74) is 1.70. The smallest absolute Gasteiger partial charge is 0.226 e. The van der Waals surface area contributed by atoms with Gasteiger partial charge in [0.1, 0.15) is 5.75 Å². The van der Waals surface area contributed by atoms with Crippen LogP contribution >= 0.6 is 23.1 Å². The fourth-order valence-electron chi connectivity index (χ4n) is 2.17. The van der Waals surface area contributed by atoms with Crippen LogP contribution in [0.4, 0.5) is 5.13 Å². The molecule has 0 aliphatic carbocycles. The highest BCUT2D eigenvalue weighted by Gasteiger charge is 2.12. The van der Waals surface area contributed by atoms with E-state index in [0.29, 0.717) is 29.1 Å². The minimum atomic E-state index is -0.0911. The number of carbonyl (C=O) groups excluding carboxylic acids is 1. The van der Waals surface area contributed by atoms with Crippen molar-refractivity contribution in [1.29, 1.82) is 0 Å². The molecule has 136 valence electrons. The summed E-state index contributed by atoms with van der Waals surface area (Å²) < 4.78 is 7.21. The lowest BCUT2D eigenvalue weighted by atomic mass is 10.1. The van der Waals surface area contributed by atoms with Crippen molar-refractivity contribution in [3.63, 3.8) is 0 Å². The van der Waals surface area contributed by atoms with Crippen LogP contribution < -0.4 is 10.1 Å². The predicted octanol–water partition coefficient (Wildman–Crippen LogP) is 2.85. The lowest BCUT2D eigenvalue weighted by molar-refractivity contribution is -0.115. The predicted molar refractivity (Wildman–Crippen MR) is 101 cm³/mol. The molecule has 0 bridgehead atoms. The Morgan fingerprint density at radius 3 is 3.00 bits per heavy atom. The minimum Gasteiger partial charge on any atom is -0.493 e. The first-order chi connectivity index (χ1) is 12.7. The lowest BCUT2D eigenvalue weighted by Gasteiger charge is -2.07. The Hall–Kier alpha value is -2.46. The third kappa shape index (κ3) is 4.58. The number of aryl methyl sites for hydroxylation is 1. The molecule has 3 aromatic rings. The summed E-state index contributed by atoms with van der Waals surface area (Å²) in [7, 11) is 1.76. The summed E-state index contributed by atoms with van der Waals surface area (Å²) in [5.74, 6) is 1.28. The Morgan fingerprint density at radius 1 is 1.38 bits per heavy atom. The van der Waals surface area contributed by atoms with Crippen LogP contribution in [0.2, 0.25) is 0 Å². The number of amides is 1. The lowest BCUT2D eigenvalue weighted by Crippen LogP contribution is -2.12. The number of hydrogen-bond donors (Lipinski definition) is 1. The van der Waals surface area contributed by atoms with E-state index >= 15 is 0 Å². The summed E-state index contributed by atoms with van der Waals surface area (Å²) in [6, 6.07) is 7.73. The molecule has 3 rings (SSSR count). The monoisotopic (exact) mass is 390 g/mol. The highest BCUT2D eigenvalue weighted by molar-refractivity contribution is 7.99. The molecule has 0 radical (unpaired) electrons. The van der Waals surface area contributed by atoms with E-state index in [1.54, 1.807) is 11.7 Å². The number of carbonyl (C=O) groups is 1. The summed E-state index contributed by atoms with van der Waals surface area (Å²) in [4.78, 5) is 16.6. The quantitative estimate of drug-likeness (QED) is 0.591. The number of nitrogens with one attached hydrogen (secondary N) is 1. The number of thiazole rings is 1. The van der Waals surface area contributed by atoms with Gasteiger partial charge in [-0.2, -0.15) is 0 Å². The molecule has 26 heavy (non-hydrogen) atoms. The zero-order valence-corrected chi connectivity index (χ0v) is 16.0. The number of ether oxygens (including phenoxy) is 1. The normalized spacial score (nSPS) is 10.7. The second-order valence-corrected chi connectivity index (χ2v) is 7.12. The molecule has 1 amide bonds. The number of anilines is 1. The molecule has 8 nitrogen and oxygen atoms in total. The molecular weight excluding hydrogens is 372 g/mol. The van der Waals surface area contributed by atoms with Crippen LogP contribution in [0, 0.1) is 0 Å². The molecular formula is C16H18N6O2S2. The van der Waals surface area contributed by atoms with Gasteiger partial charge in [0.05, 0.1) is 12.3 Å². The zero-order valence-electron chi connectivity index (χ0n) is 14.4. The second kappa shape index (κ2) is 8.77. The number of nitrogens with zero attached hydrogens (tertiary/aromatic N) is 5. The first-order valence-electron chi connectivity index (χ1n) is 8.00. The average molecular weight is 390 g/mol. The van der Waals surface area contributed by atoms with E-state index in [2.05, 4.69) is 25.8 Å². The van der Waals surface area contributed by atoms with Gasteiger partial charge in [-0.3, -0.25) is 4.79 Å². The summed E-state index contributed by atoms with van der Waals surface area (Å²) in [6.07, 6.45) is 0.349. The molecule has 1 N–H and O–H groups in total. The van der Waals surface area contributed by atoms with E-state index < -0.39 is 0 Å². The van der Waals surface area contributed by atoms with Gasteiger partial charge in [-0.15, -0.1) is 16.4 Å². The van der Waals surface area contributed by atoms with Crippen molar-refractivity contribution in [2.75, 3.05) is 17.7 Å². The van der Waals surface area contributed by atoms with Crippen molar-refractivity contribution in [2.45, 2.75) is 18.5 Å². The first kappa shape index (κ1) is 18.3. The van der Waals surface area contributed by atoms with Crippen molar-refractivity contribution in [3.05, 3.63) is 29.6 Å². The van der Waals surface area contributed by atoms with E-state index in [9.17, 15) is 4.79 Å². The van der Waals surface area contributed by atoms with E-state index in [4.69, 9.17) is 4.74 Å². The Labute approximate surface area is 159 Å². The number of tetrazole rings is 1. The number of rotatable bonds is 8. The van der Waals surface area contributed by atoms with Crippen LogP contribution in [-0.2, 0) is 11.8 Å². The highest BCUT2D eigenvalue weighted by atomic mass is 32.2. The molecule has 2 aromatic heterocycles. The molecule has 1 aromatic carbocycles. The van der Waals surface area contributed by atoms with Crippen molar-refractivity contribution >= 4 is 34.1 Å². The number of aromatic nitrogens is 5. The maximum atomic E-state index is 12.1. The number of thioether (sulfide) groups is 1. The molecule has 0 saturated carbocycles. The van der Waals surface area contributed by atoms with Crippen molar-refractivity contribution < 1.29 is 9.53 Å². The SMILES string of the molecule is CCOc1ccccc1-c1csc(NC(=O)CCSc2nnnn2C)n1. The highest BCUT2D eigenvalue weighted by Crippen LogP contribution is 2.32. The van der Waals surface area contributed by atoms with Gasteiger partial charge in [0.2, 0.25) is 11.1 Å². The molecule has 0 aliphatic heterocycles. The summed E-state index contributed by atoms with van der Waals surface area (Å²) in [6.45, 7) is 2.53. The Balaban J connectivity index is 1.56. The van der Waals surface area contributed by atoms with Crippen LogP contribution in [0.1, 0.15) is 13.3 Å². The third-order valence-electron chi connectivity index (χ3n) is 3.35. The topological polar surface area (TPSA) is 94.8 Å². The molecule has 0 spiro atoms. The Morgan fingerprint density at radius 2 is 2.23 bits per heavy atom. The molecule has 0 unspecified atom stereocenters. The second-order valence-electron chi connectivity index (χ2n) is 5.20. The fraction of sp³-hybridized carbons (Fsp3) is 0.312. The van der Waals surface area contributed by atoms with Crippen molar-refractivity contribution in [1.82, 2.24) is 25.2 Å². The van der Waals surface area contributed by atoms with Crippen LogP contribution in [0.15, 0.2) is 34.8 Å². The average Bonchev–Trinajstić information content (AvgIpc) is 3.25. The molecule has 0 atom stereocenters. The van der Waals surface area contributed by atoms with Gasteiger partial charge in [0.25, 0.3) is 0 Å². The van der Waals surface area contributed by atoms with Crippen LogP contribution in [0.25, 0.3) is 11.3 Å². The molecule has 2 heterocycles. The van der Waals surface area contributed by atoms with Crippen LogP contribution in [0.5, 0.6) is 5.75 Å². The Bertz CT molecular complexity index is 879. The maximum absolute atomic E-state index is 12.1. The number of hydrogen-bond acceptors (Lipinski definition) is 8. The van der Waals surface area contributed by atoms with E-state index in [-0.39, 0.29) is 5.91 Å². The van der Waals surface area contributed by atoms with Crippen LogP contribution in [0.3, 0.4) is 0 Å². The van der Waals surface area contributed by atoms with E-state index in [0.717, 1.165) is 17.0 Å². The van der Waals surface area contributed by atoms with Gasteiger partial charge in [-0.05, 0) is 29.5 Å². The van der Waals surface area contributed by atoms with Gasteiger partial charge in [0, 0.05) is 30.2 Å². The van der Waals surface area contributed by atoms with Gasteiger partial charge in [-0.1, -0.05) is 23.9 Å². The minimum absolute atomic E-state index is 0.0911. The van der Waals surface area contributed by atoms with Crippen LogP contribution in [-0.4, -0.2) is 43.5 Å². The molecule has 10 heteroatoms. The summed E-state index contributed by atoms with van der Waals surface area (Å²) >= 11 is 2.83. The standard InChI is InChI=1S/C16H18N6O2S2/c1-3-24-13-7-5-4-6-11(13)12-10-26-15(17-12)18-14(23)8-9-25-16-19-20-21-22(16)2/h4-7,10H,3,8-9H2,1-2H3,(H,17,18,23). The largest absolute Gasteiger partial charge is 0.493 e. The molecule has 0 aliphatic rings. The number of para-hydroxylation sites is 1.